The van der Waals surface area contributed by atoms with Crippen molar-refractivity contribution in [3.63, 3.8) is 0 Å². The molecule has 1 heterocycles. The number of hydrogen-bond acceptors (Lipinski definition) is 4. The highest BCUT2D eigenvalue weighted by Crippen LogP contribution is 2.22. The molecule has 0 fully saturated rings. The lowest BCUT2D eigenvalue weighted by molar-refractivity contribution is 0.0197. The monoisotopic (exact) mass is 239 g/mol. The van der Waals surface area contributed by atoms with Crippen LogP contribution in [0.25, 0.3) is 0 Å². The van der Waals surface area contributed by atoms with E-state index in [2.05, 4.69) is 0 Å². The van der Waals surface area contributed by atoms with Crippen LogP contribution in [0, 0.1) is 5.41 Å². The number of rotatable bonds is 1. The largest absolute Gasteiger partial charge is 0.444 e. The Bertz CT molecular complexity index is 355. The van der Waals surface area contributed by atoms with Crippen LogP contribution >= 0.6 is 0 Å². The van der Waals surface area contributed by atoms with Gasteiger partial charge in [-0.2, -0.15) is 0 Å². The molecule has 3 N–H and O–H groups in total. The SMILES string of the molecule is C[C@H]1C(C=N)=C(N)CCN1C(=O)OC(C)(C)C. The first-order valence-corrected chi connectivity index (χ1v) is 5.75. The van der Waals surface area contributed by atoms with Crippen LogP contribution in [-0.4, -0.2) is 35.4 Å². The van der Waals surface area contributed by atoms with Crippen molar-refractivity contribution in [2.75, 3.05) is 6.54 Å². The Balaban J connectivity index is 2.82. The number of hydrogen-bond donors (Lipinski definition) is 2. The minimum atomic E-state index is -0.506. The Labute approximate surface area is 102 Å². The van der Waals surface area contributed by atoms with Crippen molar-refractivity contribution in [1.82, 2.24) is 4.90 Å². The number of carbonyl (C=O) groups excluding carboxylic acids is 1. The van der Waals surface area contributed by atoms with Crippen LogP contribution in [0.1, 0.15) is 34.1 Å². The van der Waals surface area contributed by atoms with Crippen LogP contribution in [0.2, 0.25) is 0 Å². The van der Waals surface area contributed by atoms with Crippen molar-refractivity contribution < 1.29 is 9.53 Å². The van der Waals surface area contributed by atoms with Gasteiger partial charge in [-0.15, -0.1) is 0 Å². The van der Waals surface area contributed by atoms with Gasteiger partial charge in [0.05, 0.1) is 6.04 Å². The van der Waals surface area contributed by atoms with Crippen LogP contribution in [0.3, 0.4) is 0 Å². The number of nitrogens with one attached hydrogen (secondary N) is 1. The molecule has 1 aliphatic heterocycles. The van der Waals surface area contributed by atoms with E-state index < -0.39 is 5.60 Å². The molecule has 5 nitrogen and oxygen atoms in total. The van der Waals surface area contributed by atoms with E-state index in [9.17, 15) is 4.79 Å². The number of nitrogens with zero attached hydrogens (tertiary/aromatic N) is 1. The van der Waals surface area contributed by atoms with Crippen LogP contribution in [0.5, 0.6) is 0 Å². The molecule has 1 aliphatic rings. The van der Waals surface area contributed by atoms with Gasteiger partial charge in [-0.3, -0.25) is 0 Å². The molecule has 0 saturated carbocycles. The summed E-state index contributed by atoms with van der Waals surface area (Å²) in [6.45, 7) is 7.90. The second kappa shape index (κ2) is 4.77. The lowest BCUT2D eigenvalue weighted by atomic mass is 10.00. The zero-order chi connectivity index (χ0) is 13.2. The second-order valence-corrected chi connectivity index (χ2v) is 5.22. The predicted molar refractivity (Wildman–Crippen MR) is 67.0 cm³/mol. The minimum Gasteiger partial charge on any atom is -0.444 e. The van der Waals surface area contributed by atoms with E-state index in [0.29, 0.717) is 24.2 Å². The molecule has 0 bridgehead atoms. The highest BCUT2D eigenvalue weighted by molar-refractivity contribution is 5.81. The Morgan fingerprint density at radius 3 is 2.65 bits per heavy atom. The molecule has 96 valence electrons. The first-order chi connectivity index (χ1) is 7.76. The summed E-state index contributed by atoms with van der Waals surface area (Å²) < 4.78 is 5.32. The van der Waals surface area contributed by atoms with Gasteiger partial charge in [-0.05, 0) is 27.7 Å². The summed E-state index contributed by atoms with van der Waals surface area (Å²) in [6, 6.07) is -0.198. The quantitative estimate of drug-likeness (QED) is 0.686. The molecule has 0 aromatic carbocycles. The molecule has 5 heteroatoms. The molecule has 0 aliphatic carbocycles. The fourth-order valence-corrected chi connectivity index (χ4v) is 1.80. The molecule has 0 unspecified atom stereocenters. The molecule has 0 radical (unpaired) electrons. The Hall–Kier alpha value is -1.52. The lowest BCUT2D eigenvalue weighted by Gasteiger charge is -2.35. The van der Waals surface area contributed by atoms with Crippen molar-refractivity contribution in [3.05, 3.63) is 11.3 Å². The Kier molecular flexibility index (Phi) is 3.80. The summed E-state index contributed by atoms with van der Waals surface area (Å²) in [6.07, 6.45) is 1.46. The van der Waals surface area contributed by atoms with Crippen molar-refractivity contribution in [1.29, 1.82) is 5.41 Å². The fraction of sp³-hybridized carbons (Fsp3) is 0.667. The molecule has 0 aromatic rings. The first-order valence-electron chi connectivity index (χ1n) is 5.75. The van der Waals surface area contributed by atoms with Gasteiger partial charge in [0, 0.05) is 30.5 Å². The zero-order valence-corrected chi connectivity index (χ0v) is 10.9. The Morgan fingerprint density at radius 2 is 2.18 bits per heavy atom. The third-order valence-corrected chi connectivity index (χ3v) is 2.69. The zero-order valence-electron chi connectivity index (χ0n) is 10.9. The molecule has 1 amide bonds. The van der Waals surface area contributed by atoms with Gasteiger partial charge in [-0.25, -0.2) is 4.79 Å². The maximum Gasteiger partial charge on any atom is 0.410 e. The summed E-state index contributed by atoms with van der Waals surface area (Å²) in [5.41, 5.74) is 6.70. The van der Waals surface area contributed by atoms with Crippen LogP contribution < -0.4 is 5.73 Å². The average Bonchev–Trinajstić information content (AvgIpc) is 2.15. The second-order valence-electron chi connectivity index (χ2n) is 5.22. The third-order valence-electron chi connectivity index (χ3n) is 2.69. The van der Waals surface area contributed by atoms with Crippen molar-refractivity contribution in [2.45, 2.75) is 45.8 Å². The Morgan fingerprint density at radius 1 is 1.59 bits per heavy atom. The predicted octanol–water partition coefficient (Wildman–Crippen LogP) is 1.88. The molecular formula is C12H21N3O2. The van der Waals surface area contributed by atoms with E-state index in [4.69, 9.17) is 15.9 Å². The number of carbonyl (C=O) groups is 1. The molecular weight excluding hydrogens is 218 g/mol. The van der Waals surface area contributed by atoms with E-state index in [1.54, 1.807) is 4.90 Å². The van der Waals surface area contributed by atoms with E-state index >= 15 is 0 Å². The molecule has 0 saturated heterocycles. The van der Waals surface area contributed by atoms with Crippen LogP contribution in [0.15, 0.2) is 11.3 Å². The normalized spacial score (nSPS) is 21.4. The van der Waals surface area contributed by atoms with Gasteiger partial charge in [0.2, 0.25) is 0 Å². The van der Waals surface area contributed by atoms with E-state index in [1.165, 1.54) is 6.21 Å². The lowest BCUT2D eigenvalue weighted by Crippen LogP contribution is -2.47. The third kappa shape index (κ3) is 3.22. The van der Waals surface area contributed by atoms with Gasteiger partial charge in [0.25, 0.3) is 0 Å². The number of nitrogens with two attached hydrogens (primary N) is 1. The summed E-state index contributed by atoms with van der Waals surface area (Å²) in [5.74, 6) is 0. The maximum atomic E-state index is 12.0. The maximum absolute atomic E-state index is 12.0. The smallest absolute Gasteiger partial charge is 0.410 e. The minimum absolute atomic E-state index is 0.198. The van der Waals surface area contributed by atoms with Gasteiger partial charge in [0.15, 0.2) is 0 Å². The van der Waals surface area contributed by atoms with Crippen LogP contribution in [-0.2, 0) is 4.74 Å². The van der Waals surface area contributed by atoms with Gasteiger partial charge in [0.1, 0.15) is 5.60 Å². The average molecular weight is 239 g/mol. The highest BCUT2D eigenvalue weighted by Gasteiger charge is 2.31. The molecule has 1 rings (SSSR count). The molecule has 1 atom stereocenters. The first kappa shape index (κ1) is 13.5. The summed E-state index contributed by atoms with van der Waals surface area (Å²) in [7, 11) is 0. The van der Waals surface area contributed by atoms with Crippen LogP contribution in [0.4, 0.5) is 4.79 Å². The van der Waals surface area contributed by atoms with Gasteiger partial charge >= 0.3 is 6.09 Å². The van der Waals surface area contributed by atoms with E-state index in [-0.39, 0.29) is 12.1 Å². The van der Waals surface area contributed by atoms with Gasteiger partial charge < -0.3 is 20.8 Å². The van der Waals surface area contributed by atoms with Crippen molar-refractivity contribution in [2.24, 2.45) is 5.73 Å². The number of amides is 1. The summed E-state index contributed by atoms with van der Waals surface area (Å²) in [4.78, 5) is 13.6. The van der Waals surface area contributed by atoms with Gasteiger partial charge in [-0.1, -0.05) is 0 Å². The molecule has 0 spiro atoms. The molecule has 17 heavy (non-hydrogen) atoms. The molecule has 0 aromatic heterocycles. The summed E-state index contributed by atoms with van der Waals surface area (Å²) >= 11 is 0. The number of ether oxygens (including phenoxy) is 1. The van der Waals surface area contributed by atoms with E-state index in [0.717, 1.165) is 0 Å². The standard InChI is InChI=1S/C12H21N3O2/c1-8-9(7-13)10(14)5-6-15(8)11(16)17-12(2,3)4/h7-8,13H,5-6,14H2,1-4H3/t8-/m0/s1. The van der Waals surface area contributed by atoms with Crippen molar-refractivity contribution >= 4 is 12.3 Å². The summed E-state index contributed by atoms with van der Waals surface area (Å²) in [5, 5.41) is 7.33. The topological polar surface area (TPSA) is 79.4 Å². The van der Waals surface area contributed by atoms with E-state index in [1.807, 2.05) is 27.7 Å². The highest BCUT2D eigenvalue weighted by atomic mass is 16.6. The fourth-order valence-electron chi connectivity index (χ4n) is 1.80. The van der Waals surface area contributed by atoms with Crippen molar-refractivity contribution in [3.8, 4) is 0 Å².